The maximum Gasteiger partial charge on any atom is 0.264 e. The molecule has 2 N–H and O–H groups in total. The number of nitrogens with zero attached hydrogens (tertiary/aromatic N) is 4. The van der Waals surface area contributed by atoms with Crippen molar-refractivity contribution >= 4 is 60.6 Å². The average Bonchev–Trinajstić information content (AvgIpc) is 3.03. The molecule has 142 valence electrons. The summed E-state index contributed by atoms with van der Waals surface area (Å²) >= 11 is 7.53. The highest BCUT2D eigenvalue weighted by atomic mass is 35.5. The van der Waals surface area contributed by atoms with Crippen molar-refractivity contribution in [2.24, 2.45) is 0 Å². The van der Waals surface area contributed by atoms with Crippen LogP contribution in [0.5, 0.6) is 0 Å². The van der Waals surface area contributed by atoms with Crippen molar-refractivity contribution in [1.82, 2.24) is 19.9 Å². The second-order valence-corrected chi connectivity index (χ2v) is 9.00. The minimum atomic E-state index is -3.79. The number of anilines is 3. The van der Waals surface area contributed by atoms with E-state index in [0.717, 1.165) is 15.1 Å². The summed E-state index contributed by atoms with van der Waals surface area (Å²) in [5, 5.41) is 4.16. The molecule has 0 unspecified atom stereocenters. The molecule has 3 heterocycles. The van der Waals surface area contributed by atoms with Gasteiger partial charge in [-0.25, -0.2) is 28.1 Å². The van der Waals surface area contributed by atoms with Gasteiger partial charge in [-0.2, -0.15) is 4.98 Å². The fourth-order valence-corrected chi connectivity index (χ4v) is 4.55. The fourth-order valence-electron chi connectivity index (χ4n) is 2.50. The van der Waals surface area contributed by atoms with Gasteiger partial charge in [0.15, 0.2) is 0 Å². The minimum Gasteiger partial charge on any atom is -0.340 e. The van der Waals surface area contributed by atoms with E-state index in [-0.39, 0.29) is 16.1 Å². The number of hydrogen-bond acceptors (Lipinski definition) is 8. The Morgan fingerprint density at radius 2 is 1.79 bits per heavy atom. The van der Waals surface area contributed by atoms with Gasteiger partial charge in [0.2, 0.25) is 11.2 Å². The highest BCUT2D eigenvalue weighted by molar-refractivity contribution is 7.92. The SMILES string of the molecule is Cc1cc2c(Nc3ccc(S(=O)(=O)Nc4ncccn4)cc3)nc(Cl)nc2s1. The first-order valence-corrected chi connectivity index (χ1v) is 10.7. The van der Waals surface area contributed by atoms with Gasteiger partial charge in [0, 0.05) is 23.0 Å². The highest BCUT2D eigenvalue weighted by Crippen LogP contribution is 2.31. The van der Waals surface area contributed by atoms with Crippen LogP contribution in [0.15, 0.2) is 53.7 Å². The number of aromatic nitrogens is 4. The number of nitrogens with one attached hydrogen (secondary N) is 2. The van der Waals surface area contributed by atoms with Crippen LogP contribution in [0.4, 0.5) is 17.5 Å². The number of hydrogen-bond donors (Lipinski definition) is 2. The lowest BCUT2D eigenvalue weighted by atomic mass is 10.3. The molecule has 0 radical (unpaired) electrons. The summed E-state index contributed by atoms with van der Waals surface area (Å²) in [5.74, 6) is 0.571. The smallest absolute Gasteiger partial charge is 0.264 e. The summed E-state index contributed by atoms with van der Waals surface area (Å²) in [7, 11) is -3.79. The van der Waals surface area contributed by atoms with Crippen LogP contribution >= 0.6 is 22.9 Å². The molecule has 11 heteroatoms. The Morgan fingerprint density at radius 1 is 1.07 bits per heavy atom. The van der Waals surface area contributed by atoms with Gasteiger partial charge < -0.3 is 5.32 Å². The molecule has 4 aromatic rings. The summed E-state index contributed by atoms with van der Waals surface area (Å²) < 4.78 is 27.2. The third kappa shape index (κ3) is 3.88. The fraction of sp³-hybridized carbons (Fsp3) is 0.0588. The third-order valence-corrected chi connectivity index (χ3v) is 6.16. The normalized spacial score (nSPS) is 11.5. The molecule has 0 fully saturated rings. The van der Waals surface area contributed by atoms with Crippen LogP contribution in [-0.2, 0) is 10.0 Å². The molecule has 0 spiro atoms. The molecule has 0 aliphatic rings. The number of aryl methyl sites for hydroxylation is 1. The van der Waals surface area contributed by atoms with E-state index in [1.807, 2.05) is 13.0 Å². The monoisotopic (exact) mass is 432 g/mol. The summed E-state index contributed by atoms with van der Waals surface area (Å²) in [6.07, 6.45) is 2.91. The lowest BCUT2D eigenvalue weighted by Crippen LogP contribution is -2.14. The Labute approximate surface area is 169 Å². The van der Waals surface area contributed by atoms with Crippen molar-refractivity contribution in [2.45, 2.75) is 11.8 Å². The zero-order valence-electron chi connectivity index (χ0n) is 14.4. The van der Waals surface area contributed by atoms with Gasteiger partial charge in [-0.15, -0.1) is 11.3 Å². The molecular formula is C17H13ClN6O2S2. The van der Waals surface area contributed by atoms with Crippen molar-refractivity contribution in [1.29, 1.82) is 0 Å². The molecule has 8 nitrogen and oxygen atoms in total. The van der Waals surface area contributed by atoms with Crippen molar-refractivity contribution < 1.29 is 8.42 Å². The van der Waals surface area contributed by atoms with E-state index in [2.05, 4.69) is 30.0 Å². The van der Waals surface area contributed by atoms with Gasteiger partial charge in [0.25, 0.3) is 10.0 Å². The zero-order valence-corrected chi connectivity index (χ0v) is 16.8. The number of benzene rings is 1. The number of sulfonamides is 1. The van der Waals surface area contributed by atoms with E-state index in [9.17, 15) is 8.42 Å². The summed E-state index contributed by atoms with van der Waals surface area (Å²) in [5.41, 5.74) is 0.662. The molecule has 0 aliphatic heterocycles. The Kier molecular flexibility index (Phi) is 4.84. The summed E-state index contributed by atoms with van der Waals surface area (Å²) in [6.45, 7) is 1.98. The van der Waals surface area contributed by atoms with E-state index >= 15 is 0 Å². The second-order valence-electron chi connectivity index (χ2n) is 5.74. The van der Waals surface area contributed by atoms with Gasteiger partial charge in [0.1, 0.15) is 10.6 Å². The first kappa shape index (κ1) is 18.5. The van der Waals surface area contributed by atoms with Crippen LogP contribution in [-0.4, -0.2) is 28.4 Å². The van der Waals surface area contributed by atoms with Crippen molar-refractivity contribution in [3.8, 4) is 0 Å². The van der Waals surface area contributed by atoms with Crippen LogP contribution in [0.25, 0.3) is 10.2 Å². The zero-order chi connectivity index (χ0) is 19.7. The van der Waals surface area contributed by atoms with E-state index in [1.54, 1.807) is 18.2 Å². The molecular weight excluding hydrogens is 420 g/mol. The van der Waals surface area contributed by atoms with Gasteiger partial charge in [-0.1, -0.05) is 0 Å². The number of fused-ring (bicyclic) bond motifs is 1. The van der Waals surface area contributed by atoms with Crippen LogP contribution in [0.1, 0.15) is 4.88 Å². The van der Waals surface area contributed by atoms with E-state index < -0.39 is 10.0 Å². The number of rotatable bonds is 5. The molecule has 1 aromatic carbocycles. The van der Waals surface area contributed by atoms with E-state index in [0.29, 0.717) is 11.5 Å². The maximum atomic E-state index is 12.4. The lowest BCUT2D eigenvalue weighted by molar-refractivity contribution is 0.601. The Bertz CT molecular complexity index is 1240. The van der Waals surface area contributed by atoms with Gasteiger partial charge in [0.05, 0.1) is 10.3 Å². The molecule has 4 rings (SSSR count). The molecule has 28 heavy (non-hydrogen) atoms. The van der Waals surface area contributed by atoms with Crippen molar-refractivity contribution in [3.05, 3.63) is 59.0 Å². The third-order valence-electron chi connectivity index (χ3n) is 3.71. The topological polar surface area (TPSA) is 110 Å². The van der Waals surface area contributed by atoms with E-state index in [1.165, 1.54) is 35.9 Å². The standard InChI is InChI=1S/C17H13ClN6O2S2/c1-10-9-13-14(22-16(18)23-15(13)27-10)21-11-3-5-12(6-4-11)28(25,26)24-17-19-7-2-8-20-17/h2-9H,1H3,(H,19,20,24)(H,21,22,23). The summed E-state index contributed by atoms with van der Waals surface area (Å²) in [6, 6.07) is 9.81. The predicted octanol–water partition coefficient (Wildman–Crippen LogP) is 3.99. The second kappa shape index (κ2) is 7.30. The van der Waals surface area contributed by atoms with Crippen molar-refractivity contribution in [2.75, 3.05) is 10.0 Å². The van der Waals surface area contributed by atoms with Gasteiger partial charge in [-0.3, -0.25) is 0 Å². The lowest BCUT2D eigenvalue weighted by Gasteiger charge is -2.09. The van der Waals surface area contributed by atoms with Crippen LogP contribution in [0, 0.1) is 6.92 Å². The van der Waals surface area contributed by atoms with Gasteiger partial charge in [-0.05, 0) is 54.9 Å². The molecule has 0 atom stereocenters. The molecule has 0 saturated carbocycles. The quantitative estimate of drug-likeness (QED) is 0.459. The highest BCUT2D eigenvalue weighted by Gasteiger charge is 2.16. The Morgan fingerprint density at radius 3 is 2.50 bits per heavy atom. The first-order valence-electron chi connectivity index (χ1n) is 8.01. The first-order chi connectivity index (χ1) is 13.4. The largest absolute Gasteiger partial charge is 0.340 e. The van der Waals surface area contributed by atoms with Gasteiger partial charge >= 0.3 is 0 Å². The summed E-state index contributed by atoms with van der Waals surface area (Å²) in [4.78, 5) is 18.1. The molecule has 3 aromatic heterocycles. The number of thiophene rings is 1. The Balaban J connectivity index is 1.59. The minimum absolute atomic E-state index is 0.00977. The average molecular weight is 433 g/mol. The predicted molar refractivity (Wildman–Crippen MR) is 110 cm³/mol. The maximum absolute atomic E-state index is 12.4. The van der Waals surface area contributed by atoms with Crippen LogP contribution in [0.2, 0.25) is 5.28 Å². The number of halogens is 1. The van der Waals surface area contributed by atoms with Crippen LogP contribution < -0.4 is 10.0 Å². The Hall–Kier alpha value is -2.82. The molecule has 0 bridgehead atoms. The molecule has 0 aliphatic carbocycles. The van der Waals surface area contributed by atoms with Crippen LogP contribution in [0.3, 0.4) is 0 Å². The van der Waals surface area contributed by atoms with Crippen molar-refractivity contribution in [3.63, 3.8) is 0 Å². The molecule has 0 amide bonds. The molecule has 0 saturated heterocycles. The van der Waals surface area contributed by atoms with E-state index in [4.69, 9.17) is 11.6 Å².